The SMILES string of the molecule is COC(=O)NCCOc1ccc(COCC(C)C)cc1Cl. The summed E-state index contributed by atoms with van der Waals surface area (Å²) in [6.07, 6.45) is -0.484. The molecular formula is C15H22ClNO4. The molecule has 1 N–H and O–H groups in total. The number of methoxy groups -OCH3 is 1. The van der Waals surface area contributed by atoms with Gasteiger partial charge in [0.2, 0.25) is 0 Å². The second-order valence-electron chi connectivity index (χ2n) is 4.94. The number of hydrogen-bond donors (Lipinski definition) is 1. The summed E-state index contributed by atoms with van der Waals surface area (Å²) >= 11 is 6.15. The van der Waals surface area contributed by atoms with Gasteiger partial charge in [0, 0.05) is 6.61 Å². The van der Waals surface area contributed by atoms with Crippen molar-refractivity contribution in [3.63, 3.8) is 0 Å². The molecule has 0 radical (unpaired) electrons. The van der Waals surface area contributed by atoms with Gasteiger partial charge in [-0.3, -0.25) is 0 Å². The number of ether oxygens (including phenoxy) is 3. The van der Waals surface area contributed by atoms with E-state index in [4.69, 9.17) is 21.1 Å². The Hall–Kier alpha value is -1.46. The molecular weight excluding hydrogens is 294 g/mol. The summed E-state index contributed by atoms with van der Waals surface area (Å²) in [5.74, 6) is 1.08. The fraction of sp³-hybridized carbons (Fsp3) is 0.533. The molecule has 0 aliphatic heterocycles. The minimum atomic E-state index is -0.484. The Labute approximate surface area is 130 Å². The first-order valence-corrected chi connectivity index (χ1v) is 7.21. The third-order valence-electron chi connectivity index (χ3n) is 2.53. The molecule has 0 aromatic heterocycles. The van der Waals surface area contributed by atoms with Crippen molar-refractivity contribution in [2.75, 3.05) is 26.9 Å². The molecule has 1 aromatic carbocycles. The quantitative estimate of drug-likeness (QED) is 0.748. The number of benzene rings is 1. The predicted molar refractivity (Wildman–Crippen MR) is 81.8 cm³/mol. The first-order chi connectivity index (χ1) is 10.0. The van der Waals surface area contributed by atoms with Crippen LogP contribution in [0.15, 0.2) is 18.2 Å². The molecule has 1 amide bonds. The molecule has 5 nitrogen and oxygen atoms in total. The molecule has 0 fully saturated rings. The zero-order valence-electron chi connectivity index (χ0n) is 12.6. The van der Waals surface area contributed by atoms with Crippen LogP contribution in [0, 0.1) is 5.92 Å². The summed E-state index contributed by atoms with van der Waals surface area (Å²) in [6.45, 7) is 6.12. The number of hydrogen-bond acceptors (Lipinski definition) is 4. The van der Waals surface area contributed by atoms with Gasteiger partial charge in [-0.25, -0.2) is 4.79 Å². The molecule has 0 atom stereocenters. The normalized spacial score (nSPS) is 10.5. The molecule has 0 saturated heterocycles. The molecule has 0 saturated carbocycles. The average Bonchev–Trinajstić information content (AvgIpc) is 2.44. The number of rotatable bonds is 8. The molecule has 0 unspecified atom stereocenters. The lowest BCUT2D eigenvalue weighted by Crippen LogP contribution is -2.27. The maximum atomic E-state index is 10.9. The zero-order valence-corrected chi connectivity index (χ0v) is 13.4. The largest absolute Gasteiger partial charge is 0.490 e. The topological polar surface area (TPSA) is 56.8 Å². The van der Waals surface area contributed by atoms with E-state index < -0.39 is 6.09 Å². The van der Waals surface area contributed by atoms with Crippen LogP contribution in [0.2, 0.25) is 5.02 Å². The van der Waals surface area contributed by atoms with E-state index in [1.807, 2.05) is 12.1 Å². The summed E-state index contributed by atoms with van der Waals surface area (Å²) < 4.78 is 15.5. The lowest BCUT2D eigenvalue weighted by Gasteiger charge is -2.11. The number of carbonyl (C=O) groups excluding carboxylic acids is 1. The average molecular weight is 316 g/mol. The molecule has 6 heteroatoms. The van der Waals surface area contributed by atoms with Gasteiger partial charge in [0.25, 0.3) is 0 Å². The molecule has 0 aliphatic rings. The summed E-state index contributed by atoms with van der Waals surface area (Å²) in [6, 6.07) is 5.54. The molecule has 0 heterocycles. The van der Waals surface area contributed by atoms with Crippen molar-refractivity contribution in [2.24, 2.45) is 5.92 Å². The number of amides is 1. The van der Waals surface area contributed by atoms with Gasteiger partial charge in [-0.1, -0.05) is 31.5 Å². The van der Waals surface area contributed by atoms with Gasteiger partial charge < -0.3 is 19.5 Å². The van der Waals surface area contributed by atoms with Crippen LogP contribution in [0.25, 0.3) is 0 Å². The van der Waals surface area contributed by atoms with E-state index in [9.17, 15) is 4.79 Å². The van der Waals surface area contributed by atoms with Gasteiger partial charge in [-0.2, -0.15) is 0 Å². The third kappa shape index (κ3) is 7.20. The van der Waals surface area contributed by atoms with Crippen LogP contribution in [0.4, 0.5) is 4.79 Å². The monoisotopic (exact) mass is 315 g/mol. The first kappa shape index (κ1) is 17.6. The standard InChI is InChI=1S/C15H22ClNO4/c1-11(2)9-20-10-12-4-5-14(13(16)8-12)21-7-6-17-15(18)19-3/h4-5,8,11H,6-7,9-10H2,1-3H3,(H,17,18). The Bertz CT molecular complexity index is 451. The van der Waals surface area contributed by atoms with Gasteiger partial charge >= 0.3 is 6.09 Å². The fourth-order valence-electron chi connectivity index (χ4n) is 1.55. The highest BCUT2D eigenvalue weighted by molar-refractivity contribution is 6.32. The highest BCUT2D eigenvalue weighted by atomic mass is 35.5. The maximum absolute atomic E-state index is 10.9. The van der Waals surface area contributed by atoms with E-state index in [0.29, 0.717) is 36.4 Å². The molecule has 0 aliphatic carbocycles. The van der Waals surface area contributed by atoms with Crippen molar-refractivity contribution in [2.45, 2.75) is 20.5 Å². The van der Waals surface area contributed by atoms with E-state index in [2.05, 4.69) is 23.9 Å². The van der Waals surface area contributed by atoms with Crippen molar-refractivity contribution in [1.29, 1.82) is 0 Å². The minimum absolute atomic E-state index is 0.317. The van der Waals surface area contributed by atoms with Crippen molar-refractivity contribution < 1.29 is 19.0 Å². The van der Waals surface area contributed by atoms with E-state index >= 15 is 0 Å². The molecule has 0 bridgehead atoms. The Morgan fingerprint density at radius 2 is 2.14 bits per heavy atom. The second-order valence-corrected chi connectivity index (χ2v) is 5.35. The lowest BCUT2D eigenvalue weighted by molar-refractivity contribution is 0.0970. The summed E-state index contributed by atoms with van der Waals surface area (Å²) in [7, 11) is 1.31. The fourth-order valence-corrected chi connectivity index (χ4v) is 1.81. The van der Waals surface area contributed by atoms with Crippen LogP contribution in [0.5, 0.6) is 5.75 Å². The minimum Gasteiger partial charge on any atom is -0.490 e. The Morgan fingerprint density at radius 3 is 2.76 bits per heavy atom. The predicted octanol–water partition coefficient (Wildman–Crippen LogP) is 3.25. The highest BCUT2D eigenvalue weighted by Gasteiger charge is 2.05. The van der Waals surface area contributed by atoms with Gasteiger partial charge in [0.05, 0.1) is 25.3 Å². The second kappa shape index (κ2) is 9.47. The Morgan fingerprint density at radius 1 is 1.38 bits per heavy atom. The third-order valence-corrected chi connectivity index (χ3v) is 2.83. The smallest absolute Gasteiger partial charge is 0.406 e. The highest BCUT2D eigenvalue weighted by Crippen LogP contribution is 2.25. The van der Waals surface area contributed by atoms with Gasteiger partial charge in [0.15, 0.2) is 0 Å². The summed E-state index contributed by atoms with van der Waals surface area (Å²) in [5.41, 5.74) is 1.00. The van der Waals surface area contributed by atoms with Crippen LogP contribution in [-0.4, -0.2) is 33.0 Å². The van der Waals surface area contributed by atoms with Gasteiger partial charge in [0.1, 0.15) is 12.4 Å². The van der Waals surface area contributed by atoms with Crippen LogP contribution < -0.4 is 10.1 Å². The molecule has 1 aromatic rings. The summed E-state index contributed by atoms with van der Waals surface area (Å²) in [5, 5.41) is 3.05. The number of nitrogens with one attached hydrogen (secondary N) is 1. The number of carbonyl (C=O) groups is 1. The Kier molecular flexibility index (Phi) is 7.93. The number of halogens is 1. The van der Waals surface area contributed by atoms with Crippen molar-refractivity contribution in [3.8, 4) is 5.75 Å². The van der Waals surface area contributed by atoms with Crippen LogP contribution in [0.1, 0.15) is 19.4 Å². The van der Waals surface area contributed by atoms with Gasteiger partial charge in [-0.05, 0) is 23.6 Å². The van der Waals surface area contributed by atoms with Crippen molar-refractivity contribution in [1.82, 2.24) is 5.32 Å². The molecule has 1 rings (SSSR count). The summed E-state index contributed by atoms with van der Waals surface area (Å²) in [4.78, 5) is 10.9. The van der Waals surface area contributed by atoms with Gasteiger partial charge in [-0.15, -0.1) is 0 Å². The lowest BCUT2D eigenvalue weighted by atomic mass is 10.2. The van der Waals surface area contributed by atoms with E-state index in [1.54, 1.807) is 6.07 Å². The van der Waals surface area contributed by atoms with E-state index in [1.165, 1.54) is 7.11 Å². The van der Waals surface area contributed by atoms with E-state index in [0.717, 1.165) is 12.2 Å². The van der Waals surface area contributed by atoms with E-state index in [-0.39, 0.29) is 0 Å². The van der Waals surface area contributed by atoms with Crippen LogP contribution in [0.3, 0.4) is 0 Å². The first-order valence-electron chi connectivity index (χ1n) is 6.83. The Balaban J connectivity index is 2.37. The molecule has 0 spiro atoms. The van der Waals surface area contributed by atoms with Crippen molar-refractivity contribution >= 4 is 17.7 Å². The zero-order chi connectivity index (χ0) is 15.7. The maximum Gasteiger partial charge on any atom is 0.406 e. The molecule has 21 heavy (non-hydrogen) atoms. The van der Waals surface area contributed by atoms with Crippen LogP contribution >= 0.6 is 11.6 Å². The van der Waals surface area contributed by atoms with Crippen molar-refractivity contribution in [3.05, 3.63) is 28.8 Å². The van der Waals surface area contributed by atoms with Crippen LogP contribution in [-0.2, 0) is 16.1 Å². The number of alkyl carbamates (subject to hydrolysis) is 1. The molecule has 118 valence electrons.